The third kappa shape index (κ3) is 4.64. The summed E-state index contributed by atoms with van der Waals surface area (Å²) in [5.41, 5.74) is 1.55. The van der Waals surface area contributed by atoms with E-state index in [0.717, 1.165) is 36.7 Å². The first-order chi connectivity index (χ1) is 13.1. The van der Waals surface area contributed by atoms with Crippen LogP contribution >= 0.6 is 11.8 Å². The minimum Gasteiger partial charge on any atom is -0.343 e. The van der Waals surface area contributed by atoms with E-state index in [9.17, 15) is 9.59 Å². The average molecular weight is 389 g/mol. The Kier molecular flexibility index (Phi) is 6.77. The second-order valence-corrected chi connectivity index (χ2v) is 7.80. The van der Waals surface area contributed by atoms with Crippen LogP contribution in [0.4, 0.5) is 4.79 Å². The van der Waals surface area contributed by atoms with E-state index >= 15 is 0 Å². The Morgan fingerprint density at radius 1 is 1.19 bits per heavy atom. The van der Waals surface area contributed by atoms with Crippen molar-refractivity contribution in [1.82, 2.24) is 19.8 Å². The van der Waals surface area contributed by atoms with Crippen molar-refractivity contribution >= 4 is 34.7 Å². The lowest BCUT2D eigenvalue weighted by molar-refractivity contribution is -0.127. The van der Waals surface area contributed by atoms with Gasteiger partial charge in [0.2, 0.25) is 5.91 Å². The van der Waals surface area contributed by atoms with E-state index in [1.54, 1.807) is 9.47 Å². The molecule has 1 heterocycles. The average Bonchev–Trinajstić information content (AvgIpc) is 3.06. The van der Waals surface area contributed by atoms with Gasteiger partial charge in [0.15, 0.2) is 5.16 Å². The summed E-state index contributed by atoms with van der Waals surface area (Å²) in [6, 6.07) is 7.70. The molecule has 3 rings (SSSR count). The maximum absolute atomic E-state index is 13.0. The second kappa shape index (κ2) is 9.26. The molecule has 0 atom stereocenters. The van der Waals surface area contributed by atoms with E-state index in [2.05, 4.69) is 10.3 Å². The van der Waals surface area contributed by atoms with E-state index in [4.69, 9.17) is 0 Å². The normalized spacial score (nSPS) is 15.0. The van der Waals surface area contributed by atoms with E-state index in [-0.39, 0.29) is 23.7 Å². The van der Waals surface area contributed by atoms with Gasteiger partial charge < -0.3 is 10.2 Å². The fourth-order valence-electron chi connectivity index (χ4n) is 3.58. The number of benzene rings is 1. The predicted octanol–water partition coefficient (Wildman–Crippen LogP) is 3.89. The molecule has 1 fully saturated rings. The second-order valence-electron chi connectivity index (χ2n) is 6.86. The Hall–Kier alpha value is -2.02. The van der Waals surface area contributed by atoms with Gasteiger partial charge in [-0.3, -0.25) is 4.79 Å². The molecule has 0 saturated heterocycles. The van der Waals surface area contributed by atoms with Crippen LogP contribution in [0.5, 0.6) is 0 Å². The highest BCUT2D eigenvalue weighted by atomic mass is 32.2. The summed E-state index contributed by atoms with van der Waals surface area (Å²) in [6.45, 7) is 5.32. The minimum absolute atomic E-state index is 0.0660. The number of imidazole rings is 1. The summed E-state index contributed by atoms with van der Waals surface area (Å²) in [5.74, 6) is 0.345. The van der Waals surface area contributed by atoms with Crippen molar-refractivity contribution < 1.29 is 9.59 Å². The molecule has 0 aliphatic heterocycles. The molecule has 1 N–H and O–H groups in total. The summed E-state index contributed by atoms with van der Waals surface area (Å²) in [7, 11) is 0. The molecule has 2 amide bonds. The number of nitrogens with zero attached hydrogens (tertiary/aromatic N) is 3. The molecular weight excluding hydrogens is 360 g/mol. The molecule has 0 spiro atoms. The van der Waals surface area contributed by atoms with Gasteiger partial charge in [-0.2, -0.15) is 0 Å². The number of aromatic nitrogens is 2. The number of carbonyl (C=O) groups excluding carboxylic acids is 2. The summed E-state index contributed by atoms with van der Waals surface area (Å²) in [6.07, 6.45) is 5.63. The number of hydrogen-bond acceptors (Lipinski definition) is 4. The first-order valence-electron chi connectivity index (χ1n) is 9.83. The maximum Gasteiger partial charge on any atom is 0.328 e. The fourth-order valence-corrected chi connectivity index (χ4v) is 4.49. The van der Waals surface area contributed by atoms with E-state index in [1.807, 2.05) is 38.1 Å². The lowest BCUT2D eigenvalue weighted by atomic mass is 9.96. The van der Waals surface area contributed by atoms with E-state index in [0.29, 0.717) is 18.2 Å². The number of nitrogens with one attached hydrogen (secondary N) is 1. The van der Waals surface area contributed by atoms with Gasteiger partial charge in [-0.05, 0) is 38.8 Å². The number of para-hydroxylation sites is 2. The van der Waals surface area contributed by atoms with Crippen LogP contribution in [0.25, 0.3) is 11.0 Å². The van der Waals surface area contributed by atoms with E-state index < -0.39 is 0 Å². The monoisotopic (exact) mass is 388 g/mol. The Morgan fingerprint density at radius 3 is 2.59 bits per heavy atom. The zero-order valence-corrected chi connectivity index (χ0v) is 16.9. The first kappa shape index (κ1) is 19.7. The molecule has 0 unspecified atom stereocenters. The van der Waals surface area contributed by atoms with Crippen molar-refractivity contribution in [1.29, 1.82) is 0 Å². The van der Waals surface area contributed by atoms with Crippen LogP contribution in [0, 0.1) is 0 Å². The van der Waals surface area contributed by atoms with Gasteiger partial charge in [0.1, 0.15) is 0 Å². The fraction of sp³-hybridized carbons (Fsp3) is 0.550. The molecule has 0 bridgehead atoms. The number of amides is 2. The standard InChI is InChI=1S/C20H28N4O2S/c1-3-23(4-2)18(25)14-27-20-22-16-12-8-9-13-17(16)24(20)19(26)21-15-10-6-5-7-11-15/h8-9,12-13,15H,3-7,10-11,14H2,1-2H3,(H,21,26). The van der Waals surface area contributed by atoms with Gasteiger partial charge >= 0.3 is 6.03 Å². The predicted molar refractivity (Wildman–Crippen MR) is 109 cm³/mol. The molecule has 1 aromatic heterocycles. The van der Waals surface area contributed by atoms with Crippen LogP contribution in [-0.4, -0.2) is 51.3 Å². The van der Waals surface area contributed by atoms with Crippen molar-refractivity contribution in [3.8, 4) is 0 Å². The van der Waals surface area contributed by atoms with Crippen molar-refractivity contribution in [2.45, 2.75) is 57.1 Å². The Balaban J connectivity index is 1.80. The molecule has 1 aromatic carbocycles. The first-order valence-corrected chi connectivity index (χ1v) is 10.8. The third-order valence-corrected chi connectivity index (χ3v) is 6.03. The summed E-state index contributed by atoms with van der Waals surface area (Å²) >= 11 is 1.33. The smallest absolute Gasteiger partial charge is 0.328 e. The van der Waals surface area contributed by atoms with Gasteiger partial charge in [-0.15, -0.1) is 0 Å². The highest BCUT2D eigenvalue weighted by Gasteiger charge is 2.22. The highest BCUT2D eigenvalue weighted by molar-refractivity contribution is 7.99. The van der Waals surface area contributed by atoms with E-state index in [1.165, 1.54) is 18.2 Å². The summed E-state index contributed by atoms with van der Waals surface area (Å²) in [4.78, 5) is 31.8. The van der Waals surface area contributed by atoms with Crippen LogP contribution in [-0.2, 0) is 4.79 Å². The maximum atomic E-state index is 13.0. The quantitative estimate of drug-likeness (QED) is 0.763. The van der Waals surface area contributed by atoms with Gasteiger partial charge in [-0.25, -0.2) is 14.3 Å². The van der Waals surface area contributed by atoms with Crippen molar-refractivity contribution in [3.05, 3.63) is 24.3 Å². The zero-order valence-electron chi connectivity index (χ0n) is 16.1. The Morgan fingerprint density at radius 2 is 1.89 bits per heavy atom. The number of hydrogen-bond donors (Lipinski definition) is 1. The Bertz CT molecular complexity index is 794. The zero-order chi connectivity index (χ0) is 19.2. The topological polar surface area (TPSA) is 67.2 Å². The van der Waals surface area contributed by atoms with Crippen LogP contribution in [0.15, 0.2) is 29.4 Å². The van der Waals surface area contributed by atoms with Crippen LogP contribution in [0.1, 0.15) is 46.0 Å². The molecule has 146 valence electrons. The van der Waals surface area contributed by atoms with Gasteiger partial charge in [0.25, 0.3) is 0 Å². The van der Waals surface area contributed by atoms with Gasteiger partial charge in [0.05, 0.1) is 16.8 Å². The number of thioether (sulfide) groups is 1. The van der Waals surface area contributed by atoms with Crippen molar-refractivity contribution in [3.63, 3.8) is 0 Å². The number of fused-ring (bicyclic) bond motifs is 1. The molecular formula is C20H28N4O2S. The summed E-state index contributed by atoms with van der Waals surface area (Å²) in [5, 5.41) is 3.74. The van der Waals surface area contributed by atoms with Crippen molar-refractivity contribution in [2.24, 2.45) is 0 Å². The van der Waals surface area contributed by atoms with Gasteiger partial charge in [-0.1, -0.05) is 43.2 Å². The molecule has 1 aliphatic carbocycles. The number of carbonyl (C=O) groups is 2. The molecule has 1 aliphatic rings. The molecule has 1 saturated carbocycles. The Labute approximate surface area is 164 Å². The summed E-state index contributed by atoms with van der Waals surface area (Å²) < 4.78 is 1.63. The van der Waals surface area contributed by atoms with Crippen LogP contribution in [0.3, 0.4) is 0 Å². The molecule has 7 heteroatoms. The van der Waals surface area contributed by atoms with Crippen LogP contribution < -0.4 is 5.32 Å². The van der Waals surface area contributed by atoms with Gasteiger partial charge in [0, 0.05) is 19.1 Å². The molecule has 2 aromatic rings. The number of rotatable bonds is 6. The lowest BCUT2D eigenvalue weighted by Gasteiger charge is -2.23. The largest absolute Gasteiger partial charge is 0.343 e. The minimum atomic E-state index is -0.145. The lowest BCUT2D eigenvalue weighted by Crippen LogP contribution is -2.39. The molecule has 0 radical (unpaired) electrons. The molecule has 27 heavy (non-hydrogen) atoms. The van der Waals surface area contributed by atoms with Crippen molar-refractivity contribution in [2.75, 3.05) is 18.8 Å². The third-order valence-electron chi connectivity index (χ3n) is 5.11. The SMILES string of the molecule is CCN(CC)C(=O)CSc1nc2ccccc2n1C(=O)NC1CCCCC1. The highest BCUT2D eigenvalue weighted by Crippen LogP contribution is 2.25. The van der Waals surface area contributed by atoms with Crippen LogP contribution in [0.2, 0.25) is 0 Å². The molecule has 6 nitrogen and oxygen atoms in total.